The van der Waals surface area contributed by atoms with Crippen LogP contribution >= 0.6 is 0 Å². The summed E-state index contributed by atoms with van der Waals surface area (Å²) in [6.07, 6.45) is 7.32. The Hall–Kier alpha value is -1.66. The molecule has 0 aliphatic carbocycles. The van der Waals surface area contributed by atoms with Crippen molar-refractivity contribution in [2.24, 2.45) is 0 Å². The quantitative estimate of drug-likeness (QED) is 0.836. The van der Waals surface area contributed by atoms with Gasteiger partial charge < -0.3 is 4.90 Å². The number of benzene rings is 1. The van der Waals surface area contributed by atoms with Crippen molar-refractivity contribution in [3.63, 3.8) is 0 Å². The lowest BCUT2D eigenvalue weighted by Crippen LogP contribution is -2.48. The second kappa shape index (κ2) is 7.75. The summed E-state index contributed by atoms with van der Waals surface area (Å²) in [6, 6.07) is 7.86. The van der Waals surface area contributed by atoms with Crippen LogP contribution in [0.25, 0.3) is 6.08 Å². The fourth-order valence-electron chi connectivity index (χ4n) is 2.79. The zero-order valence-electron chi connectivity index (χ0n) is 13.7. The van der Waals surface area contributed by atoms with E-state index >= 15 is 0 Å². The fourth-order valence-corrected chi connectivity index (χ4v) is 3.28. The number of sulfonamides is 1. The Balaban J connectivity index is 2.03. The maximum atomic E-state index is 12.5. The summed E-state index contributed by atoms with van der Waals surface area (Å²) in [7, 11) is -3.24. The molecule has 2 rings (SSSR count). The van der Waals surface area contributed by atoms with E-state index in [-0.39, 0.29) is 18.5 Å². The van der Waals surface area contributed by atoms with Gasteiger partial charge in [0.1, 0.15) is 0 Å². The van der Waals surface area contributed by atoms with Crippen molar-refractivity contribution in [3.8, 4) is 0 Å². The molecule has 0 aromatic heterocycles. The molecule has 1 heterocycles. The number of amides is 1. The third-order valence-electron chi connectivity index (χ3n) is 3.95. The molecule has 0 bridgehead atoms. The van der Waals surface area contributed by atoms with Crippen molar-refractivity contribution < 1.29 is 13.2 Å². The minimum Gasteiger partial charge on any atom is -0.335 e. The first kappa shape index (κ1) is 17.7. The largest absolute Gasteiger partial charge is 0.335 e. The first-order valence-electron chi connectivity index (χ1n) is 7.85. The fraction of sp³-hybridized carbons (Fsp3) is 0.471. The van der Waals surface area contributed by atoms with Crippen molar-refractivity contribution in [1.82, 2.24) is 9.62 Å². The van der Waals surface area contributed by atoms with Crippen molar-refractivity contribution in [3.05, 3.63) is 41.5 Å². The summed E-state index contributed by atoms with van der Waals surface area (Å²) < 4.78 is 25.0. The molecule has 1 aromatic rings. The number of likely N-dealkylation sites (tertiary alicyclic amines) is 1. The number of hydrogen-bond donors (Lipinski definition) is 1. The Labute approximate surface area is 138 Å². The van der Waals surface area contributed by atoms with Crippen LogP contribution in [0.5, 0.6) is 0 Å². The highest BCUT2D eigenvalue weighted by atomic mass is 32.2. The molecule has 6 heteroatoms. The lowest BCUT2D eigenvalue weighted by Gasteiger charge is -2.35. The van der Waals surface area contributed by atoms with Crippen molar-refractivity contribution in [2.45, 2.75) is 32.2 Å². The topological polar surface area (TPSA) is 66.5 Å². The van der Waals surface area contributed by atoms with E-state index < -0.39 is 10.0 Å². The van der Waals surface area contributed by atoms with Crippen molar-refractivity contribution in [1.29, 1.82) is 0 Å². The van der Waals surface area contributed by atoms with Gasteiger partial charge in [-0.05, 0) is 37.8 Å². The average molecular weight is 336 g/mol. The molecule has 1 atom stereocenters. The van der Waals surface area contributed by atoms with E-state index in [0.29, 0.717) is 6.54 Å². The van der Waals surface area contributed by atoms with Gasteiger partial charge in [-0.25, -0.2) is 13.1 Å². The van der Waals surface area contributed by atoms with Gasteiger partial charge in [0.05, 0.1) is 6.26 Å². The molecule has 1 saturated heterocycles. The number of nitrogens with zero attached hydrogens (tertiary/aromatic N) is 1. The van der Waals surface area contributed by atoms with Crippen LogP contribution in [0.3, 0.4) is 0 Å². The van der Waals surface area contributed by atoms with Crippen LogP contribution in [0.4, 0.5) is 0 Å². The maximum absolute atomic E-state index is 12.5. The third-order valence-corrected chi connectivity index (χ3v) is 4.64. The number of piperidine rings is 1. The highest BCUT2D eigenvalue weighted by Gasteiger charge is 2.25. The summed E-state index contributed by atoms with van der Waals surface area (Å²) in [6.45, 7) is 2.96. The molecule has 1 amide bonds. The van der Waals surface area contributed by atoms with E-state index in [0.717, 1.165) is 36.6 Å². The molecule has 1 fully saturated rings. The molecular formula is C17H24N2O3S. The molecule has 1 aliphatic rings. The van der Waals surface area contributed by atoms with E-state index in [1.54, 1.807) is 11.0 Å². The molecule has 23 heavy (non-hydrogen) atoms. The van der Waals surface area contributed by atoms with Crippen LogP contribution < -0.4 is 4.72 Å². The Morgan fingerprint density at radius 1 is 1.39 bits per heavy atom. The van der Waals surface area contributed by atoms with Gasteiger partial charge in [-0.1, -0.05) is 29.8 Å². The first-order chi connectivity index (χ1) is 10.8. The summed E-state index contributed by atoms with van der Waals surface area (Å²) >= 11 is 0. The molecular weight excluding hydrogens is 312 g/mol. The van der Waals surface area contributed by atoms with Gasteiger partial charge in [-0.15, -0.1) is 0 Å². The van der Waals surface area contributed by atoms with Gasteiger partial charge in [-0.2, -0.15) is 0 Å². The van der Waals surface area contributed by atoms with Gasteiger partial charge in [0.15, 0.2) is 0 Å². The maximum Gasteiger partial charge on any atom is 0.246 e. The number of nitrogens with one attached hydrogen (secondary N) is 1. The van der Waals surface area contributed by atoms with Crippen LogP contribution in [-0.2, 0) is 14.8 Å². The summed E-state index contributed by atoms with van der Waals surface area (Å²) in [5.41, 5.74) is 2.13. The zero-order chi connectivity index (χ0) is 16.9. The molecule has 1 aliphatic heterocycles. The van der Waals surface area contributed by atoms with E-state index in [1.807, 2.05) is 37.3 Å². The zero-order valence-corrected chi connectivity index (χ0v) is 14.5. The van der Waals surface area contributed by atoms with Gasteiger partial charge in [0, 0.05) is 25.2 Å². The molecule has 1 aromatic carbocycles. The van der Waals surface area contributed by atoms with E-state index in [2.05, 4.69) is 4.72 Å². The van der Waals surface area contributed by atoms with E-state index in [1.165, 1.54) is 0 Å². The SMILES string of the molecule is Cc1cccc(/C=C/C(=O)N2CCCCC2CNS(C)(=O)=O)c1. The van der Waals surface area contributed by atoms with Crippen molar-refractivity contribution >= 4 is 22.0 Å². The van der Waals surface area contributed by atoms with Crippen LogP contribution in [0.1, 0.15) is 30.4 Å². The minimum atomic E-state index is -3.24. The number of hydrogen-bond acceptors (Lipinski definition) is 3. The lowest BCUT2D eigenvalue weighted by atomic mass is 10.0. The number of rotatable bonds is 5. The molecule has 5 nitrogen and oxygen atoms in total. The Morgan fingerprint density at radius 2 is 2.17 bits per heavy atom. The second-order valence-electron chi connectivity index (χ2n) is 6.05. The summed E-state index contributed by atoms with van der Waals surface area (Å²) in [4.78, 5) is 14.2. The minimum absolute atomic E-state index is 0.0634. The molecule has 0 saturated carbocycles. The Bertz CT molecular complexity index is 683. The van der Waals surface area contributed by atoms with Gasteiger partial charge >= 0.3 is 0 Å². The number of aryl methyl sites for hydroxylation is 1. The number of carbonyl (C=O) groups excluding carboxylic acids is 1. The third kappa shape index (κ3) is 5.80. The number of carbonyl (C=O) groups is 1. The first-order valence-corrected chi connectivity index (χ1v) is 9.74. The second-order valence-corrected chi connectivity index (χ2v) is 7.88. The van der Waals surface area contributed by atoms with E-state index in [9.17, 15) is 13.2 Å². The van der Waals surface area contributed by atoms with Gasteiger partial charge in [-0.3, -0.25) is 4.79 Å². The standard InChI is InChI=1S/C17H24N2O3S/c1-14-6-5-7-15(12-14)9-10-17(20)19-11-4-3-8-16(19)13-18-23(2,21)22/h5-7,9-10,12,16,18H,3-4,8,11,13H2,1-2H3/b10-9+. The smallest absolute Gasteiger partial charge is 0.246 e. The highest BCUT2D eigenvalue weighted by molar-refractivity contribution is 7.88. The van der Waals surface area contributed by atoms with Crippen molar-refractivity contribution in [2.75, 3.05) is 19.3 Å². The summed E-state index contributed by atoms with van der Waals surface area (Å²) in [5, 5.41) is 0. The monoisotopic (exact) mass is 336 g/mol. The lowest BCUT2D eigenvalue weighted by molar-refractivity contribution is -0.129. The Morgan fingerprint density at radius 3 is 2.87 bits per heavy atom. The molecule has 0 spiro atoms. The van der Waals surface area contributed by atoms with Crippen LogP contribution in [0.2, 0.25) is 0 Å². The Kier molecular flexibility index (Phi) is 5.96. The average Bonchev–Trinajstić information content (AvgIpc) is 2.50. The normalized spacial score (nSPS) is 19.2. The molecule has 126 valence electrons. The molecule has 0 radical (unpaired) electrons. The van der Waals surface area contributed by atoms with Crippen LogP contribution in [0.15, 0.2) is 30.3 Å². The molecule has 1 N–H and O–H groups in total. The van der Waals surface area contributed by atoms with Crippen LogP contribution in [0, 0.1) is 6.92 Å². The summed E-state index contributed by atoms with van der Waals surface area (Å²) in [5.74, 6) is -0.0634. The predicted molar refractivity (Wildman–Crippen MR) is 92.4 cm³/mol. The predicted octanol–water partition coefficient (Wildman–Crippen LogP) is 1.94. The highest BCUT2D eigenvalue weighted by Crippen LogP contribution is 2.17. The molecule has 1 unspecified atom stereocenters. The van der Waals surface area contributed by atoms with Gasteiger partial charge in [0.25, 0.3) is 0 Å². The van der Waals surface area contributed by atoms with Crippen LogP contribution in [-0.4, -0.2) is 44.6 Å². The van der Waals surface area contributed by atoms with Gasteiger partial charge in [0.2, 0.25) is 15.9 Å². The van der Waals surface area contributed by atoms with E-state index in [4.69, 9.17) is 0 Å².